The average molecular weight is 251 g/mol. The van der Waals surface area contributed by atoms with E-state index in [2.05, 4.69) is 63.2 Å². The number of nitrogens with zero attached hydrogens (tertiary/aromatic N) is 2. The molecule has 0 saturated heterocycles. The van der Waals surface area contributed by atoms with Crippen molar-refractivity contribution in [1.82, 2.24) is 9.80 Å². The zero-order valence-corrected chi connectivity index (χ0v) is 9.69. The molecule has 84 valence electrons. The fourth-order valence-electron chi connectivity index (χ4n) is 0.400. The first kappa shape index (κ1) is 22.9. The van der Waals surface area contributed by atoms with Crippen molar-refractivity contribution in [2.24, 2.45) is 0 Å². The number of hydrogen-bond acceptors (Lipinski definition) is 2. The summed E-state index contributed by atoms with van der Waals surface area (Å²) in [6.45, 7) is 2.29. The molecule has 0 fully saturated rings. The Morgan fingerprint density at radius 2 is 1.00 bits per heavy atom. The normalized spacial score (nSPS) is 8.08. The summed E-state index contributed by atoms with van der Waals surface area (Å²) in [6.07, 6.45) is 0. The van der Waals surface area contributed by atoms with Crippen LogP contribution in [0, 0.1) is 0 Å². The second kappa shape index (κ2) is 17.7. The van der Waals surface area contributed by atoms with Crippen LogP contribution in [0.1, 0.15) is 0 Å². The number of halogens is 1. The van der Waals surface area contributed by atoms with Gasteiger partial charge in [0.15, 0.2) is 0 Å². The molecule has 0 unspecified atom stereocenters. The van der Waals surface area contributed by atoms with Crippen LogP contribution >= 0.6 is 10.1 Å². The van der Waals surface area contributed by atoms with Gasteiger partial charge in [-0.3, -0.25) is 0 Å². The van der Waals surface area contributed by atoms with E-state index in [0.29, 0.717) is 0 Å². The van der Waals surface area contributed by atoms with Gasteiger partial charge in [0.1, 0.15) is 0 Å². The van der Waals surface area contributed by atoms with Gasteiger partial charge in [-0.25, -0.2) is 0 Å². The molecule has 0 aromatic carbocycles. The van der Waals surface area contributed by atoms with E-state index in [4.69, 9.17) is 0 Å². The van der Waals surface area contributed by atoms with Gasteiger partial charge in [-0.15, -0.1) is 0 Å². The Morgan fingerprint density at radius 1 is 0.833 bits per heavy atom. The third-order valence-electron chi connectivity index (χ3n) is 0.994. The summed E-state index contributed by atoms with van der Waals surface area (Å²) in [5.41, 5.74) is 0. The molecule has 0 atom stereocenters. The molecule has 0 saturated carbocycles. The Morgan fingerprint density at radius 3 is 1.08 bits per heavy atom. The predicted molar refractivity (Wildman–Crippen MR) is 50.2 cm³/mol. The van der Waals surface area contributed by atoms with Crippen molar-refractivity contribution >= 4 is 10.1 Å². The summed E-state index contributed by atoms with van der Waals surface area (Å²) in [6, 6.07) is 0. The number of likely N-dealkylation sites (N-methyl/N-ethyl adjacent to an activating group) is 2. The van der Waals surface area contributed by atoms with Crippen LogP contribution in [0.5, 0.6) is 0 Å². The van der Waals surface area contributed by atoms with E-state index in [1.54, 1.807) is 0 Å². The van der Waals surface area contributed by atoms with E-state index in [1.807, 2.05) is 0 Å². The fraction of sp³-hybridized carbons (Fsp3) is 1.00. The Labute approximate surface area is 87.5 Å². The van der Waals surface area contributed by atoms with Crippen molar-refractivity contribution in [2.75, 3.05) is 41.3 Å². The van der Waals surface area contributed by atoms with Gasteiger partial charge in [-0.1, -0.05) is 0 Å². The molecule has 4 N–H and O–H groups in total. The molecular weight excluding hydrogens is 231 g/mol. The van der Waals surface area contributed by atoms with Crippen molar-refractivity contribution in [3.05, 3.63) is 0 Å². The van der Waals surface area contributed by atoms with Crippen molar-refractivity contribution < 1.29 is 26.1 Å². The SMILES string of the molecule is CN(C)CCN(C)C.O.O.[Cl][Cu]. The molecule has 4 nitrogen and oxygen atoms in total. The second-order valence-corrected chi connectivity index (χ2v) is 2.61. The Balaban J connectivity index is -0.0000000740. The third-order valence-corrected chi connectivity index (χ3v) is 0.994. The quantitative estimate of drug-likeness (QED) is 0.613. The summed E-state index contributed by atoms with van der Waals surface area (Å²) in [4.78, 5) is 4.36. The van der Waals surface area contributed by atoms with Crippen molar-refractivity contribution in [2.45, 2.75) is 0 Å². The summed E-state index contributed by atoms with van der Waals surface area (Å²) >= 11 is 3.66. The zero-order valence-electron chi connectivity index (χ0n) is 7.99. The maximum absolute atomic E-state index is 4.20. The van der Waals surface area contributed by atoms with Crippen molar-refractivity contribution in [1.29, 1.82) is 0 Å². The molecule has 0 amide bonds. The average Bonchev–Trinajstić information content (AvgIpc) is 1.89. The summed E-state index contributed by atoms with van der Waals surface area (Å²) in [5.74, 6) is 0. The molecule has 0 aliphatic carbocycles. The third kappa shape index (κ3) is 31.1. The molecule has 12 heavy (non-hydrogen) atoms. The van der Waals surface area contributed by atoms with Gasteiger partial charge >= 0.3 is 25.2 Å². The van der Waals surface area contributed by atoms with Gasteiger partial charge < -0.3 is 20.8 Å². The monoisotopic (exact) mass is 250 g/mol. The first-order valence-electron chi connectivity index (χ1n) is 3.04. The molecule has 0 aromatic rings. The Kier molecular flexibility index (Phi) is 33.8. The van der Waals surface area contributed by atoms with Gasteiger partial charge in [0.2, 0.25) is 0 Å². The van der Waals surface area contributed by atoms with Crippen LogP contribution in [0.3, 0.4) is 0 Å². The van der Waals surface area contributed by atoms with E-state index in [1.165, 1.54) is 0 Å². The van der Waals surface area contributed by atoms with E-state index in [-0.39, 0.29) is 11.0 Å². The molecule has 0 radical (unpaired) electrons. The fourth-order valence-corrected chi connectivity index (χ4v) is 0.400. The molecule has 0 bridgehead atoms. The molecule has 0 aliphatic rings. The van der Waals surface area contributed by atoms with Gasteiger partial charge in [0.25, 0.3) is 0 Å². The van der Waals surface area contributed by atoms with E-state index < -0.39 is 0 Å². The van der Waals surface area contributed by atoms with Gasteiger partial charge in [-0.2, -0.15) is 0 Å². The summed E-state index contributed by atoms with van der Waals surface area (Å²) in [7, 11) is 12.5. The summed E-state index contributed by atoms with van der Waals surface area (Å²) in [5, 5.41) is 0. The predicted octanol–water partition coefficient (Wildman–Crippen LogP) is -0.853. The minimum atomic E-state index is 0. The van der Waals surface area contributed by atoms with Crippen LogP contribution in [-0.2, 0) is 15.1 Å². The van der Waals surface area contributed by atoms with E-state index >= 15 is 0 Å². The maximum atomic E-state index is 4.20. The standard InChI is InChI=1S/C6H16N2.ClH.Cu.2H2O/c1-7(2)5-6-8(3)4;;;;/h5-6H2,1-4H3;1H;;2*1H2/q;;+1;;/p-1. The Hall–Kier alpha value is 0.649. The molecule has 0 aliphatic heterocycles. The van der Waals surface area contributed by atoms with Crippen LogP contribution in [0.15, 0.2) is 0 Å². The molecule has 0 rings (SSSR count). The van der Waals surface area contributed by atoms with Crippen LogP contribution < -0.4 is 0 Å². The molecular formula is C6H20ClCuN2O2. The van der Waals surface area contributed by atoms with Crippen LogP contribution in [0.2, 0.25) is 0 Å². The molecule has 0 heterocycles. The topological polar surface area (TPSA) is 69.5 Å². The van der Waals surface area contributed by atoms with Crippen molar-refractivity contribution in [3.8, 4) is 0 Å². The molecule has 0 spiro atoms. The van der Waals surface area contributed by atoms with Gasteiger partial charge in [-0.05, 0) is 28.2 Å². The van der Waals surface area contributed by atoms with E-state index in [0.717, 1.165) is 13.1 Å². The van der Waals surface area contributed by atoms with Gasteiger partial charge in [0, 0.05) is 13.1 Å². The molecule has 6 heteroatoms. The number of hydrogen-bond donors (Lipinski definition) is 0. The van der Waals surface area contributed by atoms with E-state index in [9.17, 15) is 0 Å². The van der Waals surface area contributed by atoms with Crippen LogP contribution in [-0.4, -0.2) is 62.0 Å². The molecule has 0 aromatic heterocycles. The zero-order chi connectivity index (χ0) is 8.57. The Bertz CT molecular complexity index is 59.5. The second-order valence-electron chi connectivity index (χ2n) is 2.61. The first-order valence-corrected chi connectivity index (χ1v) is 4.33. The van der Waals surface area contributed by atoms with Gasteiger partial charge in [0.05, 0.1) is 0 Å². The number of rotatable bonds is 3. The van der Waals surface area contributed by atoms with Crippen LogP contribution in [0.4, 0.5) is 0 Å². The van der Waals surface area contributed by atoms with Crippen LogP contribution in [0.25, 0.3) is 0 Å². The minimum absolute atomic E-state index is 0. The van der Waals surface area contributed by atoms with Crippen molar-refractivity contribution in [3.63, 3.8) is 0 Å². The summed E-state index contributed by atoms with van der Waals surface area (Å²) < 4.78 is 0. The first-order chi connectivity index (χ1) is 4.63.